The third-order valence-electron chi connectivity index (χ3n) is 5.06. The van der Waals surface area contributed by atoms with Crippen LogP contribution in [0.15, 0.2) is 46.2 Å². The van der Waals surface area contributed by atoms with E-state index in [1.807, 2.05) is 18.2 Å². The molecule has 2 unspecified atom stereocenters. The summed E-state index contributed by atoms with van der Waals surface area (Å²) in [5, 5.41) is 9.86. The van der Waals surface area contributed by atoms with Gasteiger partial charge in [0, 0.05) is 15.8 Å². The Balaban J connectivity index is 1.37. The second-order valence-corrected chi connectivity index (χ2v) is 14.9. The Bertz CT molecular complexity index is 1130. The fourth-order valence-electron chi connectivity index (χ4n) is 3.47. The van der Waals surface area contributed by atoms with Gasteiger partial charge in [-0.2, -0.15) is 4.98 Å². The highest BCUT2D eigenvalue weighted by Gasteiger charge is 2.53. The number of hydrogen-bond donors (Lipinski definition) is 2. The molecule has 0 saturated carbocycles. The zero-order valence-corrected chi connectivity index (χ0v) is 22.4. The third-order valence-corrected chi connectivity index (χ3v) is 11.5. The first kappa shape index (κ1) is 26.1. The van der Waals surface area contributed by atoms with E-state index in [0.29, 0.717) is 6.42 Å². The number of phosphoric acid groups is 1. The lowest BCUT2D eigenvalue weighted by atomic mass is 10.1. The molecule has 2 aliphatic heterocycles. The highest BCUT2D eigenvalue weighted by Crippen LogP contribution is 2.59. The van der Waals surface area contributed by atoms with Crippen molar-refractivity contribution in [1.82, 2.24) is 9.55 Å². The number of aromatic nitrogens is 2. The number of fused-ring (bicyclic) bond motifs is 1. The molecule has 9 nitrogen and oxygen atoms in total. The second kappa shape index (κ2) is 10.6. The van der Waals surface area contributed by atoms with Gasteiger partial charge in [-0.25, -0.2) is 9.36 Å². The highest BCUT2D eigenvalue weighted by atomic mass is 33.1. The molecule has 2 saturated heterocycles. The minimum absolute atomic E-state index is 0.0754. The second-order valence-electron chi connectivity index (χ2n) is 8.88. The van der Waals surface area contributed by atoms with Crippen LogP contribution in [0.1, 0.15) is 31.7 Å². The summed E-state index contributed by atoms with van der Waals surface area (Å²) in [6.07, 6.45) is 0.119. The topological polar surface area (TPSA) is 126 Å². The number of aliphatic hydroxyl groups excluding tert-OH is 1. The van der Waals surface area contributed by atoms with Crippen molar-refractivity contribution in [3.63, 3.8) is 0 Å². The first-order valence-electron chi connectivity index (χ1n) is 10.7. The van der Waals surface area contributed by atoms with Crippen molar-refractivity contribution < 1.29 is 23.2 Å². The van der Waals surface area contributed by atoms with Crippen LogP contribution in [0.5, 0.6) is 0 Å². The van der Waals surface area contributed by atoms with Crippen molar-refractivity contribution in [3.05, 3.63) is 52.6 Å². The fourth-order valence-corrected chi connectivity index (χ4v) is 8.82. The number of thioether (sulfide) groups is 1. The predicted octanol–water partition coefficient (Wildman–Crippen LogP) is 4.12. The van der Waals surface area contributed by atoms with Crippen molar-refractivity contribution >= 4 is 47.0 Å². The maximum atomic E-state index is 13.1. The molecule has 5 atom stereocenters. The number of phosphoric ester groups is 1. The van der Waals surface area contributed by atoms with Gasteiger partial charge in [-0.1, -0.05) is 60.6 Å². The summed E-state index contributed by atoms with van der Waals surface area (Å²) in [6.45, 7) is 6.70. The molecule has 0 spiro atoms. The van der Waals surface area contributed by atoms with Crippen molar-refractivity contribution in [1.29, 1.82) is 0 Å². The first-order chi connectivity index (χ1) is 16.0. The van der Waals surface area contributed by atoms with E-state index in [1.165, 1.54) is 28.6 Å². The van der Waals surface area contributed by atoms with Gasteiger partial charge in [0.15, 0.2) is 0 Å². The average Bonchev–Trinajstić information content (AvgIpc) is 3.08. The van der Waals surface area contributed by atoms with E-state index in [0.717, 1.165) is 10.5 Å². The molecule has 34 heavy (non-hydrogen) atoms. The summed E-state index contributed by atoms with van der Waals surface area (Å²) in [5.74, 6) is 0.102. The van der Waals surface area contributed by atoms with Crippen LogP contribution in [0.4, 0.5) is 5.82 Å². The lowest BCUT2D eigenvalue weighted by Gasteiger charge is -2.31. The SMILES string of the molecule is CC(C)(C)SSc1ccccc1CCOP1(=O)OC[C@H]2S[C@@H](n3ccc(N)nc3=O)[C@@H](O)C2O1. The minimum Gasteiger partial charge on any atom is -0.387 e. The molecule has 0 aliphatic carbocycles. The Morgan fingerprint density at radius 3 is 2.85 bits per heavy atom. The number of benzene rings is 1. The molecule has 0 amide bonds. The molecule has 2 fully saturated rings. The molecular weight excluding hydrogens is 517 g/mol. The molecule has 2 aliphatic rings. The molecule has 0 bridgehead atoms. The van der Waals surface area contributed by atoms with Crippen molar-refractivity contribution in [2.45, 2.75) is 59.7 Å². The van der Waals surface area contributed by atoms with E-state index in [2.05, 4.69) is 31.8 Å². The van der Waals surface area contributed by atoms with E-state index in [1.54, 1.807) is 21.6 Å². The lowest BCUT2D eigenvalue weighted by molar-refractivity contribution is -0.0278. The van der Waals surface area contributed by atoms with Crippen LogP contribution >= 0.6 is 41.2 Å². The molecule has 186 valence electrons. The highest BCUT2D eigenvalue weighted by molar-refractivity contribution is 8.77. The maximum Gasteiger partial charge on any atom is 0.475 e. The smallest absolute Gasteiger partial charge is 0.387 e. The van der Waals surface area contributed by atoms with Crippen molar-refractivity contribution in [2.24, 2.45) is 0 Å². The summed E-state index contributed by atoms with van der Waals surface area (Å²) < 4.78 is 31.2. The molecule has 3 N–H and O–H groups in total. The normalized spacial score (nSPS) is 29.2. The lowest BCUT2D eigenvalue weighted by Crippen LogP contribution is -2.40. The van der Waals surface area contributed by atoms with Crippen LogP contribution in [0.2, 0.25) is 0 Å². The number of anilines is 1. The third kappa shape index (κ3) is 6.22. The monoisotopic (exact) mass is 545 g/mol. The largest absolute Gasteiger partial charge is 0.475 e. The van der Waals surface area contributed by atoms with E-state index in [-0.39, 0.29) is 29.0 Å². The number of rotatable bonds is 7. The van der Waals surface area contributed by atoms with Crippen molar-refractivity contribution in [2.75, 3.05) is 18.9 Å². The summed E-state index contributed by atoms with van der Waals surface area (Å²) in [4.78, 5) is 17.0. The maximum absolute atomic E-state index is 13.1. The Morgan fingerprint density at radius 1 is 1.35 bits per heavy atom. The minimum atomic E-state index is -3.86. The number of nitrogens with two attached hydrogens (primary N) is 1. The van der Waals surface area contributed by atoms with E-state index in [9.17, 15) is 14.5 Å². The summed E-state index contributed by atoms with van der Waals surface area (Å²) in [7, 11) is -0.378. The summed E-state index contributed by atoms with van der Waals surface area (Å²) >= 11 is 1.31. The Labute approximate surface area is 210 Å². The van der Waals surface area contributed by atoms with Crippen LogP contribution in [-0.2, 0) is 24.6 Å². The van der Waals surface area contributed by atoms with Crippen LogP contribution in [0.3, 0.4) is 0 Å². The van der Waals surface area contributed by atoms with Gasteiger partial charge in [-0.15, -0.1) is 11.8 Å². The Morgan fingerprint density at radius 2 is 2.12 bits per heavy atom. The zero-order valence-electron chi connectivity index (χ0n) is 19.0. The van der Waals surface area contributed by atoms with Crippen molar-refractivity contribution in [3.8, 4) is 0 Å². The molecule has 2 aromatic rings. The van der Waals surface area contributed by atoms with Gasteiger partial charge in [0.05, 0.1) is 18.5 Å². The number of nitrogen functional groups attached to an aromatic ring is 1. The van der Waals surface area contributed by atoms with Crippen LogP contribution in [0, 0.1) is 0 Å². The average molecular weight is 546 g/mol. The summed E-state index contributed by atoms with van der Waals surface area (Å²) in [6, 6.07) is 9.51. The van der Waals surface area contributed by atoms with Gasteiger partial charge in [0.1, 0.15) is 23.4 Å². The molecule has 4 rings (SSSR count). The zero-order chi connectivity index (χ0) is 24.5. The van der Waals surface area contributed by atoms with Gasteiger partial charge in [-0.05, 0) is 24.1 Å². The molecular formula is C21H28N3O6PS3. The standard InChI is InChI=1S/C21H28N3O6PS3/c1-21(2,3)34-33-14-7-5-4-6-13(14)9-11-28-31(27)29-12-15-18(30-31)17(25)19(32-15)24-10-8-16(22)23-20(24)26/h4-8,10,15,17-19,25H,9,11-12H2,1-3H3,(H2,22,23,26)/t15-,17+,18?,19-,31?/m1/s1. The Kier molecular flexibility index (Phi) is 8.10. The molecule has 1 aromatic carbocycles. The number of nitrogens with zero attached hydrogens (tertiary/aromatic N) is 2. The Hall–Kier alpha value is -0.980. The van der Waals surface area contributed by atoms with Crippen LogP contribution < -0.4 is 11.4 Å². The van der Waals surface area contributed by atoms with Gasteiger partial charge in [0.25, 0.3) is 0 Å². The van der Waals surface area contributed by atoms with E-state index >= 15 is 0 Å². The quantitative estimate of drug-likeness (QED) is 0.385. The number of hydrogen-bond acceptors (Lipinski definition) is 11. The van der Waals surface area contributed by atoms with E-state index in [4.69, 9.17) is 19.3 Å². The van der Waals surface area contributed by atoms with Gasteiger partial charge >= 0.3 is 13.5 Å². The van der Waals surface area contributed by atoms with Crippen LogP contribution in [0.25, 0.3) is 0 Å². The molecule has 13 heteroatoms. The number of aliphatic hydroxyl groups is 1. The predicted molar refractivity (Wildman–Crippen MR) is 137 cm³/mol. The fraction of sp³-hybridized carbons (Fsp3) is 0.524. The van der Waals surface area contributed by atoms with Gasteiger partial charge in [-0.3, -0.25) is 18.1 Å². The summed E-state index contributed by atoms with van der Waals surface area (Å²) in [5.41, 5.74) is 6.06. The molecule has 1 aromatic heterocycles. The first-order valence-corrected chi connectivity index (χ1v) is 15.3. The van der Waals surface area contributed by atoms with E-state index < -0.39 is 31.1 Å². The van der Waals surface area contributed by atoms with Crippen LogP contribution in [-0.4, -0.2) is 50.1 Å². The van der Waals surface area contributed by atoms with Gasteiger partial charge < -0.3 is 10.8 Å². The van der Waals surface area contributed by atoms with Gasteiger partial charge in [0.2, 0.25) is 0 Å². The molecule has 0 radical (unpaired) electrons. The molecule has 3 heterocycles.